The van der Waals surface area contributed by atoms with Crippen molar-refractivity contribution < 1.29 is 28.3 Å². The Morgan fingerprint density at radius 3 is 2.06 bits per heavy atom. The van der Waals surface area contributed by atoms with Gasteiger partial charge in [0.15, 0.2) is 6.61 Å². The van der Waals surface area contributed by atoms with Crippen molar-refractivity contribution in [3.63, 3.8) is 0 Å². The number of piperazine rings is 1. The zero-order valence-electron chi connectivity index (χ0n) is 19.9. The molecule has 2 heterocycles. The summed E-state index contributed by atoms with van der Waals surface area (Å²) in [6, 6.07) is 14.3. The van der Waals surface area contributed by atoms with E-state index in [0.29, 0.717) is 63.4 Å². The first-order valence-electron chi connectivity index (χ1n) is 12.0. The summed E-state index contributed by atoms with van der Waals surface area (Å²) in [5.41, 5.74) is 1.11. The van der Waals surface area contributed by atoms with E-state index in [1.165, 1.54) is 24.3 Å². The average Bonchev–Trinajstić information content (AvgIpc) is 2.92. The van der Waals surface area contributed by atoms with Crippen molar-refractivity contribution in [1.82, 2.24) is 14.7 Å². The number of esters is 1. The minimum atomic E-state index is -0.446. The molecule has 36 heavy (non-hydrogen) atoms. The molecule has 9 nitrogen and oxygen atoms in total. The maximum atomic E-state index is 13.1. The van der Waals surface area contributed by atoms with Gasteiger partial charge in [0, 0.05) is 50.5 Å². The number of amides is 4. The van der Waals surface area contributed by atoms with Crippen LogP contribution in [0.5, 0.6) is 0 Å². The highest BCUT2D eigenvalue weighted by atomic mass is 19.1. The van der Waals surface area contributed by atoms with Gasteiger partial charge in [-0.05, 0) is 49.2 Å². The summed E-state index contributed by atoms with van der Waals surface area (Å²) in [7, 11) is 0. The van der Waals surface area contributed by atoms with Crippen molar-refractivity contribution in [3.05, 3.63) is 66.0 Å². The minimum absolute atomic E-state index is 0.200. The molecule has 0 spiro atoms. The zero-order chi connectivity index (χ0) is 25.5. The molecule has 4 amide bonds. The van der Waals surface area contributed by atoms with E-state index in [9.17, 15) is 23.6 Å². The highest BCUT2D eigenvalue weighted by Crippen LogP contribution is 2.21. The summed E-state index contributed by atoms with van der Waals surface area (Å²) in [6.45, 7) is 1.93. The molecule has 0 radical (unpaired) electrons. The lowest BCUT2D eigenvalue weighted by molar-refractivity contribution is -0.157. The van der Waals surface area contributed by atoms with E-state index in [-0.39, 0.29) is 30.4 Å². The summed E-state index contributed by atoms with van der Waals surface area (Å²) >= 11 is 0. The van der Waals surface area contributed by atoms with E-state index in [1.807, 2.05) is 18.2 Å². The molecule has 10 heteroatoms. The van der Waals surface area contributed by atoms with E-state index in [4.69, 9.17) is 4.74 Å². The maximum absolute atomic E-state index is 13.1. The summed E-state index contributed by atoms with van der Waals surface area (Å²) in [4.78, 5) is 54.8. The second kappa shape index (κ2) is 11.7. The number of carbonyl (C=O) groups excluding carboxylic acids is 4. The molecule has 0 atom stereocenters. The van der Waals surface area contributed by atoms with Crippen molar-refractivity contribution in [2.75, 3.05) is 51.2 Å². The van der Waals surface area contributed by atoms with Gasteiger partial charge in [-0.25, -0.2) is 9.18 Å². The number of rotatable bonds is 5. The molecule has 2 aliphatic heterocycles. The average molecular weight is 497 g/mol. The Kier molecular flexibility index (Phi) is 8.14. The SMILES string of the molecule is O=C(OCC(=O)N1CCN(C(=O)Nc2ccccc2)CC1)C1CCN(C(=O)c2ccc(F)cc2)CC1. The highest BCUT2D eigenvalue weighted by molar-refractivity contribution is 5.94. The van der Waals surface area contributed by atoms with Gasteiger partial charge in [0.2, 0.25) is 0 Å². The second-order valence-electron chi connectivity index (χ2n) is 8.85. The minimum Gasteiger partial charge on any atom is -0.455 e. The number of nitrogens with zero attached hydrogens (tertiary/aromatic N) is 3. The number of likely N-dealkylation sites (tertiary alicyclic amines) is 1. The van der Waals surface area contributed by atoms with Gasteiger partial charge in [0.1, 0.15) is 5.82 Å². The van der Waals surface area contributed by atoms with Gasteiger partial charge < -0.3 is 24.8 Å². The molecule has 2 fully saturated rings. The fourth-order valence-corrected chi connectivity index (χ4v) is 4.32. The van der Waals surface area contributed by atoms with Crippen LogP contribution < -0.4 is 5.32 Å². The van der Waals surface area contributed by atoms with Crippen LogP contribution in [-0.2, 0) is 14.3 Å². The van der Waals surface area contributed by atoms with Crippen LogP contribution in [0.1, 0.15) is 23.2 Å². The quantitative estimate of drug-likeness (QED) is 0.642. The van der Waals surface area contributed by atoms with E-state index in [0.717, 1.165) is 0 Å². The largest absolute Gasteiger partial charge is 0.455 e. The van der Waals surface area contributed by atoms with Gasteiger partial charge in [0.05, 0.1) is 5.92 Å². The Balaban J connectivity index is 1.15. The standard InChI is InChI=1S/C26H29FN4O5/c27-21-8-6-19(7-9-21)24(33)30-12-10-20(11-13-30)25(34)36-18-23(32)29-14-16-31(17-15-29)26(35)28-22-4-2-1-3-5-22/h1-9,20H,10-18H2,(H,28,35). The fourth-order valence-electron chi connectivity index (χ4n) is 4.32. The van der Waals surface area contributed by atoms with E-state index >= 15 is 0 Å². The van der Waals surface area contributed by atoms with Crippen LogP contribution in [0.4, 0.5) is 14.9 Å². The van der Waals surface area contributed by atoms with Crippen molar-refractivity contribution in [3.8, 4) is 0 Å². The Bertz CT molecular complexity index is 1080. The number of para-hydroxylation sites is 1. The fraction of sp³-hybridized carbons (Fsp3) is 0.385. The van der Waals surface area contributed by atoms with E-state index < -0.39 is 11.8 Å². The molecule has 2 aliphatic rings. The van der Waals surface area contributed by atoms with Crippen LogP contribution in [0.3, 0.4) is 0 Å². The lowest BCUT2D eigenvalue weighted by atomic mass is 9.96. The Morgan fingerprint density at radius 1 is 0.806 bits per heavy atom. The summed E-state index contributed by atoms with van der Waals surface area (Å²) in [6.07, 6.45) is 0.879. The van der Waals surface area contributed by atoms with Gasteiger partial charge in [-0.15, -0.1) is 0 Å². The van der Waals surface area contributed by atoms with Gasteiger partial charge in [0.25, 0.3) is 11.8 Å². The normalized spacial score (nSPS) is 16.4. The Morgan fingerprint density at radius 2 is 1.42 bits per heavy atom. The van der Waals surface area contributed by atoms with Gasteiger partial charge in [-0.3, -0.25) is 14.4 Å². The molecule has 0 aliphatic carbocycles. The number of hydrogen-bond donors (Lipinski definition) is 1. The Hall–Kier alpha value is -3.95. The first-order valence-corrected chi connectivity index (χ1v) is 12.0. The summed E-state index contributed by atoms with van der Waals surface area (Å²) in [5.74, 6) is -1.73. The first kappa shape index (κ1) is 25.2. The van der Waals surface area contributed by atoms with E-state index in [2.05, 4.69) is 5.32 Å². The van der Waals surface area contributed by atoms with Crippen molar-refractivity contribution >= 4 is 29.5 Å². The van der Waals surface area contributed by atoms with Crippen LogP contribution in [0.15, 0.2) is 54.6 Å². The maximum Gasteiger partial charge on any atom is 0.321 e. The molecule has 2 aromatic rings. The zero-order valence-corrected chi connectivity index (χ0v) is 19.9. The highest BCUT2D eigenvalue weighted by Gasteiger charge is 2.30. The molecule has 2 aromatic carbocycles. The number of benzene rings is 2. The third-order valence-electron chi connectivity index (χ3n) is 6.49. The number of nitrogens with one attached hydrogen (secondary N) is 1. The van der Waals surface area contributed by atoms with E-state index in [1.54, 1.807) is 26.8 Å². The van der Waals surface area contributed by atoms with Gasteiger partial charge in [-0.1, -0.05) is 18.2 Å². The second-order valence-corrected chi connectivity index (χ2v) is 8.85. The number of carbonyl (C=O) groups is 4. The molecular formula is C26H29FN4O5. The third kappa shape index (κ3) is 6.38. The predicted octanol–water partition coefficient (Wildman–Crippen LogP) is 2.60. The number of piperidine rings is 1. The number of urea groups is 1. The van der Waals surface area contributed by atoms with Crippen LogP contribution in [0, 0.1) is 11.7 Å². The third-order valence-corrected chi connectivity index (χ3v) is 6.49. The molecule has 190 valence electrons. The topological polar surface area (TPSA) is 99.3 Å². The van der Waals surface area contributed by atoms with Crippen molar-refractivity contribution in [2.45, 2.75) is 12.8 Å². The lowest BCUT2D eigenvalue weighted by Gasteiger charge is -2.34. The summed E-state index contributed by atoms with van der Waals surface area (Å²) < 4.78 is 18.4. The predicted molar refractivity (Wildman–Crippen MR) is 130 cm³/mol. The van der Waals surface area contributed by atoms with Gasteiger partial charge >= 0.3 is 12.0 Å². The molecule has 0 aromatic heterocycles. The van der Waals surface area contributed by atoms with Crippen molar-refractivity contribution in [1.29, 1.82) is 0 Å². The molecule has 2 saturated heterocycles. The number of anilines is 1. The number of halogens is 1. The van der Waals surface area contributed by atoms with Crippen LogP contribution in [0.2, 0.25) is 0 Å². The monoisotopic (exact) mass is 496 g/mol. The smallest absolute Gasteiger partial charge is 0.321 e. The number of ether oxygens (including phenoxy) is 1. The molecule has 1 N–H and O–H groups in total. The van der Waals surface area contributed by atoms with Crippen LogP contribution in [-0.4, -0.2) is 84.4 Å². The van der Waals surface area contributed by atoms with Crippen molar-refractivity contribution in [2.24, 2.45) is 5.92 Å². The molecular weight excluding hydrogens is 467 g/mol. The molecule has 4 rings (SSSR count). The molecule has 0 unspecified atom stereocenters. The Labute approximate surface area is 208 Å². The molecule has 0 bridgehead atoms. The molecule has 0 saturated carbocycles. The first-order chi connectivity index (χ1) is 17.4. The lowest BCUT2D eigenvalue weighted by Crippen LogP contribution is -2.52. The summed E-state index contributed by atoms with van der Waals surface area (Å²) in [5, 5.41) is 2.83. The van der Waals surface area contributed by atoms with Crippen LogP contribution >= 0.6 is 0 Å². The number of hydrogen-bond acceptors (Lipinski definition) is 5. The van der Waals surface area contributed by atoms with Gasteiger partial charge in [-0.2, -0.15) is 0 Å². The van der Waals surface area contributed by atoms with Crippen LogP contribution in [0.25, 0.3) is 0 Å².